The first-order valence-electron chi connectivity index (χ1n) is 5.96. The lowest BCUT2D eigenvalue weighted by molar-refractivity contribution is 0.0719. The zero-order chi connectivity index (χ0) is 13.0. The molecule has 4 heteroatoms. The molecule has 0 atom stereocenters. The first-order valence-corrected chi connectivity index (χ1v) is 5.96. The van der Waals surface area contributed by atoms with Crippen LogP contribution < -0.4 is 0 Å². The maximum atomic E-state index is 12.2. The average molecular weight is 244 g/mol. The number of hydrogen-bond donors (Lipinski definition) is 0. The van der Waals surface area contributed by atoms with E-state index in [9.17, 15) is 4.79 Å². The lowest BCUT2D eigenvalue weighted by Crippen LogP contribution is -2.30. The number of carbonyl (C=O) groups is 1. The smallest absolute Gasteiger partial charge is 0.291 e. The first-order chi connectivity index (χ1) is 8.70. The number of aryl methyl sites for hydroxylation is 1. The Morgan fingerprint density at radius 3 is 2.61 bits per heavy atom. The molecule has 1 heterocycles. The Morgan fingerprint density at radius 1 is 1.33 bits per heavy atom. The molecular weight excluding hydrogens is 228 g/mol. The summed E-state index contributed by atoms with van der Waals surface area (Å²) in [6.45, 7) is 4.89. The third-order valence-electron chi connectivity index (χ3n) is 2.72. The Hall–Kier alpha value is -2.10. The van der Waals surface area contributed by atoms with Gasteiger partial charge in [-0.2, -0.15) is 0 Å². The van der Waals surface area contributed by atoms with Crippen LogP contribution in [0.4, 0.5) is 0 Å². The van der Waals surface area contributed by atoms with Gasteiger partial charge in [-0.15, -0.1) is 0 Å². The number of rotatable bonds is 4. The van der Waals surface area contributed by atoms with E-state index < -0.39 is 0 Å². The molecular formula is C14H16N2O2. The van der Waals surface area contributed by atoms with E-state index in [4.69, 9.17) is 4.42 Å². The molecule has 0 spiro atoms. The van der Waals surface area contributed by atoms with Crippen molar-refractivity contribution in [2.45, 2.75) is 20.4 Å². The van der Waals surface area contributed by atoms with Gasteiger partial charge < -0.3 is 9.32 Å². The Balaban J connectivity index is 2.12. The number of aromatic nitrogens is 1. The lowest BCUT2D eigenvalue weighted by atomic mass is 10.2. The average Bonchev–Trinajstić information content (AvgIpc) is 2.83. The zero-order valence-electron chi connectivity index (χ0n) is 10.6. The van der Waals surface area contributed by atoms with Crippen molar-refractivity contribution in [1.82, 2.24) is 9.88 Å². The van der Waals surface area contributed by atoms with E-state index in [1.54, 1.807) is 11.8 Å². The SMILES string of the molecule is CCN(Cc1ccccc1)C(=O)c1cnc(C)o1. The van der Waals surface area contributed by atoms with Crippen molar-refractivity contribution < 1.29 is 9.21 Å². The molecule has 0 aliphatic carbocycles. The number of carbonyl (C=O) groups excluding carboxylic acids is 1. The predicted molar refractivity (Wildman–Crippen MR) is 68.1 cm³/mol. The second-order valence-corrected chi connectivity index (χ2v) is 4.05. The third-order valence-corrected chi connectivity index (χ3v) is 2.72. The van der Waals surface area contributed by atoms with Crippen molar-refractivity contribution >= 4 is 5.91 Å². The molecule has 0 saturated heterocycles. The van der Waals surface area contributed by atoms with Gasteiger partial charge in [-0.25, -0.2) is 4.98 Å². The summed E-state index contributed by atoms with van der Waals surface area (Å²) < 4.78 is 5.26. The van der Waals surface area contributed by atoms with Gasteiger partial charge in [0.2, 0.25) is 5.76 Å². The summed E-state index contributed by atoms with van der Waals surface area (Å²) in [5.74, 6) is 0.682. The standard InChI is InChI=1S/C14H16N2O2/c1-3-16(10-12-7-5-4-6-8-12)14(17)13-9-15-11(2)18-13/h4-9H,3,10H2,1-2H3. The number of hydrogen-bond acceptors (Lipinski definition) is 3. The summed E-state index contributed by atoms with van der Waals surface area (Å²) in [6.07, 6.45) is 1.48. The molecule has 0 radical (unpaired) electrons. The molecule has 0 aliphatic rings. The van der Waals surface area contributed by atoms with Crippen LogP contribution in [0.2, 0.25) is 0 Å². The summed E-state index contributed by atoms with van der Waals surface area (Å²) in [7, 11) is 0. The summed E-state index contributed by atoms with van der Waals surface area (Å²) in [4.78, 5) is 17.9. The highest BCUT2D eigenvalue weighted by molar-refractivity contribution is 5.91. The molecule has 0 aliphatic heterocycles. The molecule has 0 fully saturated rings. The molecule has 1 aromatic heterocycles. The molecule has 18 heavy (non-hydrogen) atoms. The normalized spacial score (nSPS) is 10.3. The topological polar surface area (TPSA) is 46.3 Å². The molecule has 1 aromatic carbocycles. The van der Waals surface area contributed by atoms with Gasteiger partial charge in [-0.05, 0) is 12.5 Å². The van der Waals surface area contributed by atoms with Crippen LogP contribution >= 0.6 is 0 Å². The number of oxazole rings is 1. The van der Waals surface area contributed by atoms with Crippen molar-refractivity contribution in [3.8, 4) is 0 Å². The van der Waals surface area contributed by atoms with E-state index in [2.05, 4.69) is 4.98 Å². The molecule has 4 nitrogen and oxygen atoms in total. The molecule has 0 bridgehead atoms. The largest absolute Gasteiger partial charge is 0.436 e. The second-order valence-electron chi connectivity index (χ2n) is 4.05. The highest BCUT2D eigenvalue weighted by atomic mass is 16.4. The summed E-state index contributed by atoms with van der Waals surface area (Å²) in [5.41, 5.74) is 1.10. The molecule has 94 valence electrons. The van der Waals surface area contributed by atoms with Gasteiger partial charge >= 0.3 is 0 Å². The monoisotopic (exact) mass is 244 g/mol. The summed E-state index contributed by atoms with van der Waals surface area (Å²) in [5, 5.41) is 0. The maximum Gasteiger partial charge on any atom is 0.291 e. The fourth-order valence-electron chi connectivity index (χ4n) is 1.75. The second kappa shape index (κ2) is 5.49. The quantitative estimate of drug-likeness (QED) is 0.830. The minimum atomic E-state index is -0.123. The number of benzene rings is 1. The van der Waals surface area contributed by atoms with Gasteiger partial charge in [-0.1, -0.05) is 30.3 Å². The fourth-order valence-corrected chi connectivity index (χ4v) is 1.75. The van der Waals surface area contributed by atoms with Crippen molar-refractivity contribution in [3.05, 3.63) is 53.7 Å². The van der Waals surface area contributed by atoms with Gasteiger partial charge in [0.15, 0.2) is 5.89 Å². The van der Waals surface area contributed by atoms with Gasteiger partial charge in [0.05, 0.1) is 6.20 Å². The molecule has 0 saturated carbocycles. The van der Waals surface area contributed by atoms with Crippen LogP contribution in [0.3, 0.4) is 0 Å². The van der Waals surface area contributed by atoms with E-state index in [1.807, 2.05) is 37.3 Å². The van der Waals surface area contributed by atoms with Gasteiger partial charge in [0, 0.05) is 20.0 Å². The minimum absolute atomic E-state index is 0.123. The van der Waals surface area contributed by atoms with Crippen LogP contribution in [0.15, 0.2) is 40.9 Å². The van der Waals surface area contributed by atoms with Gasteiger partial charge in [0.1, 0.15) is 0 Å². The molecule has 1 amide bonds. The van der Waals surface area contributed by atoms with Gasteiger partial charge in [-0.3, -0.25) is 4.79 Å². The molecule has 0 N–H and O–H groups in total. The Morgan fingerprint density at radius 2 is 2.06 bits per heavy atom. The van der Waals surface area contributed by atoms with Crippen molar-refractivity contribution in [2.75, 3.05) is 6.54 Å². The molecule has 0 unspecified atom stereocenters. The molecule has 2 aromatic rings. The minimum Gasteiger partial charge on any atom is -0.436 e. The third kappa shape index (κ3) is 2.77. The maximum absolute atomic E-state index is 12.2. The summed E-state index contributed by atoms with van der Waals surface area (Å²) >= 11 is 0. The van der Waals surface area contributed by atoms with Crippen LogP contribution in [-0.2, 0) is 6.54 Å². The summed E-state index contributed by atoms with van der Waals surface area (Å²) in [6, 6.07) is 9.89. The van der Waals surface area contributed by atoms with E-state index in [0.717, 1.165) is 5.56 Å². The number of nitrogens with zero attached hydrogens (tertiary/aromatic N) is 2. The van der Waals surface area contributed by atoms with E-state index in [-0.39, 0.29) is 5.91 Å². The van der Waals surface area contributed by atoms with Crippen LogP contribution in [0.1, 0.15) is 28.9 Å². The van der Waals surface area contributed by atoms with Crippen molar-refractivity contribution in [3.63, 3.8) is 0 Å². The van der Waals surface area contributed by atoms with Crippen molar-refractivity contribution in [1.29, 1.82) is 0 Å². The van der Waals surface area contributed by atoms with Crippen LogP contribution in [0.5, 0.6) is 0 Å². The van der Waals surface area contributed by atoms with Gasteiger partial charge in [0.25, 0.3) is 5.91 Å². The van der Waals surface area contributed by atoms with E-state index in [0.29, 0.717) is 24.7 Å². The lowest BCUT2D eigenvalue weighted by Gasteiger charge is -2.19. The van der Waals surface area contributed by atoms with Crippen LogP contribution in [0, 0.1) is 6.92 Å². The van der Waals surface area contributed by atoms with Crippen LogP contribution in [-0.4, -0.2) is 22.3 Å². The zero-order valence-corrected chi connectivity index (χ0v) is 10.6. The number of amides is 1. The highest BCUT2D eigenvalue weighted by Gasteiger charge is 2.18. The first kappa shape index (κ1) is 12.4. The highest BCUT2D eigenvalue weighted by Crippen LogP contribution is 2.10. The Kier molecular flexibility index (Phi) is 3.77. The Bertz CT molecular complexity index is 520. The fraction of sp³-hybridized carbons (Fsp3) is 0.286. The van der Waals surface area contributed by atoms with E-state index >= 15 is 0 Å². The van der Waals surface area contributed by atoms with Crippen LogP contribution in [0.25, 0.3) is 0 Å². The van der Waals surface area contributed by atoms with E-state index in [1.165, 1.54) is 6.20 Å². The predicted octanol–water partition coefficient (Wildman–Crippen LogP) is 2.65. The molecule has 2 rings (SSSR count). The van der Waals surface area contributed by atoms with Crippen molar-refractivity contribution in [2.24, 2.45) is 0 Å². The Labute approximate surface area is 106 Å².